The van der Waals surface area contributed by atoms with Crippen LogP contribution in [0, 0.1) is 0 Å². The normalized spacial score (nSPS) is 11.3. The maximum atomic E-state index is 12.0. The standard InChI is InChI=1S/C15H22N2O4/c1-15(2,3)21-14(20)16(4)17(11-13(18)19)10-12-8-6-5-7-9-12/h5-9H,10-11H2,1-4H3,(H,18,19). The van der Waals surface area contributed by atoms with Gasteiger partial charge in [0.1, 0.15) is 12.1 Å². The van der Waals surface area contributed by atoms with Gasteiger partial charge in [0.15, 0.2) is 0 Å². The van der Waals surface area contributed by atoms with Gasteiger partial charge in [0.25, 0.3) is 0 Å². The van der Waals surface area contributed by atoms with Crippen LogP contribution in [0.25, 0.3) is 0 Å². The van der Waals surface area contributed by atoms with Gasteiger partial charge in [-0.25, -0.2) is 14.8 Å². The summed E-state index contributed by atoms with van der Waals surface area (Å²) in [5.41, 5.74) is 0.279. The van der Waals surface area contributed by atoms with Crippen molar-refractivity contribution in [3.63, 3.8) is 0 Å². The van der Waals surface area contributed by atoms with Gasteiger partial charge in [-0.05, 0) is 26.3 Å². The summed E-state index contributed by atoms with van der Waals surface area (Å²) in [6.07, 6.45) is -0.584. The highest BCUT2D eigenvalue weighted by Gasteiger charge is 2.25. The highest BCUT2D eigenvalue weighted by Crippen LogP contribution is 2.12. The number of amides is 1. The molecule has 116 valence electrons. The highest BCUT2D eigenvalue weighted by molar-refractivity contribution is 5.71. The second-order valence-corrected chi connectivity index (χ2v) is 5.71. The minimum atomic E-state index is -1.01. The number of carboxylic acid groups (broad SMARTS) is 1. The van der Waals surface area contributed by atoms with E-state index in [1.165, 1.54) is 17.1 Å². The Hall–Kier alpha value is -2.08. The molecule has 1 aromatic carbocycles. The number of benzene rings is 1. The van der Waals surface area contributed by atoms with Crippen LogP contribution >= 0.6 is 0 Å². The maximum absolute atomic E-state index is 12.0. The van der Waals surface area contributed by atoms with E-state index in [4.69, 9.17) is 9.84 Å². The van der Waals surface area contributed by atoms with Gasteiger partial charge in [-0.2, -0.15) is 0 Å². The molecule has 0 aliphatic rings. The molecule has 0 bridgehead atoms. The van der Waals surface area contributed by atoms with Crippen molar-refractivity contribution in [1.29, 1.82) is 0 Å². The lowest BCUT2D eigenvalue weighted by atomic mass is 10.2. The molecule has 0 aromatic heterocycles. The maximum Gasteiger partial charge on any atom is 0.424 e. The Balaban J connectivity index is 2.81. The summed E-state index contributed by atoms with van der Waals surface area (Å²) in [5, 5.41) is 11.6. The van der Waals surface area contributed by atoms with Crippen molar-refractivity contribution in [2.45, 2.75) is 32.9 Å². The molecular weight excluding hydrogens is 272 g/mol. The van der Waals surface area contributed by atoms with Gasteiger partial charge in [-0.1, -0.05) is 30.3 Å². The molecule has 1 amide bonds. The molecule has 21 heavy (non-hydrogen) atoms. The Morgan fingerprint density at radius 1 is 1.19 bits per heavy atom. The third-order valence-electron chi connectivity index (χ3n) is 2.61. The van der Waals surface area contributed by atoms with Crippen molar-refractivity contribution in [2.24, 2.45) is 0 Å². The second-order valence-electron chi connectivity index (χ2n) is 5.71. The molecule has 0 fully saturated rings. The van der Waals surface area contributed by atoms with Crippen LogP contribution in [-0.2, 0) is 16.1 Å². The van der Waals surface area contributed by atoms with Gasteiger partial charge in [0.05, 0.1) is 0 Å². The Labute approximate surface area is 124 Å². The zero-order chi connectivity index (χ0) is 16.0. The summed E-state index contributed by atoms with van der Waals surface area (Å²) >= 11 is 0. The smallest absolute Gasteiger partial charge is 0.424 e. The van der Waals surface area contributed by atoms with Crippen LogP contribution in [0.15, 0.2) is 30.3 Å². The minimum Gasteiger partial charge on any atom is -0.480 e. The number of hydrogen-bond donors (Lipinski definition) is 1. The van der Waals surface area contributed by atoms with Gasteiger partial charge in [-0.3, -0.25) is 4.79 Å². The molecule has 0 saturated heterocycles. The zero-order valence-electron chi connectivity index (χ0n) is 12.9. The van der Waals surface area contributed by atoms with E-state index in [2.05, 4.69) is 0 Å². The van der Waals surface area contributed by atoms with Crippen molar-refractivity contribution in [2.75, 3.05) is 13.6 Å². The van der Waals surface area contributed by atoms with E-state index >= 15 is 0 Å². The van der Waals surface area contributed by atoms with Crippen LogP contribution < -0.4 is 0 Å². The first-order chi connectivity index (χ1) is 9.69. The molecule has 1 rings (SSSR count). The first kappa shape index (κ1) is 17.0. The lowest BCUT2D eigenvalue weighted by molar-refractivity contribution is -0.143. The van der Waals surface area contributed by atoms with Crippen LogP contribution in [0.3, 0.4) is 0 Å². The third kappa shape index (κ3) is 6.27. The summed E-state index contributed by atoms with van der Waals surface area (Å²) < 4.78 is 5.25. The lowest BCUT2D eigenvalue weighted by Crippen LogP contribution is -2.47. The molecule has 0 aliphatic heterocycles. The average Bonchev–Trinajstić information content (AvgIpc) is 2.35. The minimum absolute atomic E-state index is 0.287. The van der Waals surface area contributed by atoms with Crippen molar-refractivity contribution in [1.82, 2.24) is 10.0 Å². The number of carbonyl (C=O) groups is 2. The molecule has 1 aromatic rings. The van der Waals surface area contributed by atoms with Crippen molar-refractivity contribution >= 4 is 12.1 Å². The first-order valence-corrected chi connectivity index (χ1v) is 6.66. The number of rotatable bonds is 5. The van der Waals surface area contributed by atoms with E-state index in [1.807, 2.05) is 30.3 Å². The summed E-state index contributed by atoms with van der Waals surface area (Å²) in [4.78, 5) is 23.0. The van der Waals surface area contributed by atoms with Gasteiger partial charge >= 0.3 is 12.1 Å². The van der Waals surface area contributed by atoms with Crippen LogP contribution in [0.1, 0.15) is 26.3 Å². The Bertz CT molecular complexity index is 482. The first-order valence-electron chi connectivity index (χ1n) is 6.66. The molecule has 0 saturated carbocycles. The largest absolute Gasteiger partial charge is 0.480 e. The molecule has 0 atom stereocenters. The second kappa shape index (κ2) is 7.08. The number of hydrogen-bond acceptors (Lipinski definition) is 4. The number of carboxylic acids is 1. The van der Waals surface area contributed by atoms with Crippen molar-refractivity contribution in [3.8, 4) is 0 Å². The highest BCUT2D eigenvalue weighted by atomic mass is 16.6. The van der Waals surface area contributed by atoms with Gasteiger partial charge < -0.3 is 9.84 Å². The summed E-state index contributed by atoms with van der Waals surface area (Å²) in [5.74, 6) is -1.01. The SMILES string of the molecule is CN(C(=O)OC(C)(C)C)N(CC(=O)O)Cc1ccccc1. The van der Waals surface area contributed by atoms with E-state index in [0.717, 1.165) is 5.56 Å². The van der Waals surface area contributed by atoms with E-state index < -0.39 is 17.7 Å². The fourth-order valence-electron chi connectivity index (χ4n) is 1.66. The Morgan fingerprint density at radius 3 is 2.24 bits per heavy atom. The molecule has 0 aliphatic carbocycles. The van der Waals surface area contributed by atoms with Crippen LogP contribution in [0.2, 0.25) is 0 Å². The topological polar surface area (TPSA) is 70.1 Å². The lowest BCUT2D eigenvalue weighted by Gasteiger charge is -2.32. The number of nitrogens with zero attached hydrogens (tertiary/aromatic N) is 2. The molecular formula is C15H22N2O4. The average molecular weight is 294 g/mol. The van der Waals surface area contributed by atoms with Crippen molar-refractivity contribution in [3.05, 3.63) is 35.9 Å². The summed E-state index contributed by atoms with van der Waals surface area (Å²) in [7, 11) is 1.50. The van der Waals surface area contributed by atoms with Gasteiger partial charge in [0, 0.05) is 13.6 Å². The van der Waals surface area contributed by atoms with E-state index in [-0.39, 0.29) is 6.54 Å². The molecule has 6 nitrogen and oxygen atoms in total. The monoisotopic (exact) mass is 294 g/mol. The van der Waals surface area contributed by atoms with Crippen molar-refractivity contribution < 1.29 is 19.4 Å². The van der Waals surface area contributed by atoms with Crippen LogP contribution in [0.5, 0.6) is 0 Å². The predicted molar refractivity (Wildman–Crippen MR) is 78.5 cm³/mol. The molecule has 0 radical (unpaired) electrons. The quantitative estimate of drug-likeness (QED) is 0.844. The van der Waals surface area contributed by atoms with E-state index in [1.54, 1.807) is 20.8 Å². The molecule has 0 unspecified atom stereocenters. The number of ether oxygens (including phenoxy) is 1. The number of hydrazine groups is 1. The summed E-state index contributed by atoms with van der Waals surface area (Å²) in [6.45, 7) is 5.31. The zero-order valence-corrected chi connectivity index (χ0v) is 12.9. The number of aliphatic carboxylic acids is 1. The molecule has 0 spiro atoms. The summed E-state index contributed by atoms with van der Waals surface area (Å²) in [6, 6.07) is 9.35. The predicted octanol–water partition coefficient (Wildman–Crippen LogP) is 2.36. The van der Waals surface area contributed by atoms with E-state index in [9.17, 15) is 9.59 Å². The van der Waals surface area contributed by atoms with E-state index in [0.29, 0.717) is 6.54 Å². The Morgan fingerprint density at radius 2 is 1.76 bits per heavy atom. The Kier molecular flexibility index (Phi) is 5.72. The number of carbonyl (C=O) groups excluding carboxylic acids is 1. The molecule has 6 heteroatoms. The third-order valence-corrected chi connectivity index (χ3v) is 2.61. The fraction of sp³-hybridized carbons (Fsp3) is 0.467. The fourth-order valence-corrected chi connectivity index (χ4v) is 1.66. The van der Waals surface area contributed by atoms with Gasteiger partial charge in [0.2, 0.25) is 0 Å². The van der Waals surface area contributed by atoms with Gasteiger partial charge in [-0.15, -0.1) is 0 Å². The molecule has 0 heterocycles. The van der Waals surface area contributed by atoms with Crippen LogP contribution in [0.4, 0.5) is 4.79 Å². The molecule has 1 N–H and O–H groups in total. The van der Waals surface area contributed by atoms with Crippen LogP contribution in [-0.4, -0.2) is 46.4 Å².